The number of benzene rings is 1. The van der Waals surface area contributed by atoms with Crippen LogP contribution in [0.5, 0.6) is 0 Å². The topological polar surface area (TPSA) is 72.6 Å². The molecule has 0 unspecified atom stereocenters. The Morgan fingerprint density at radius 1 is 1.37 bits per heavy atom. The second kappa shape index (κ2) is 7.34. The number of rotatable bonds is 6. The van der Waals surface area contributed by atoms with Gasteiger partial charge >= 0.3 is 0 Å². The average Bonchev–Trinajstić information content (AvgIpc) is 2.44. The highest BCUT2D eigenvalue weighted by Gasteiger charge is 2.29. The number of hydrogen-bond donors (Lipinski definition) is 0. The molecule has 0 aromatic heterocycles. The molecule has 0 aliphatic carbocycles. The highest BCUT2D eigenvalue weighted by Crippen LogP contribution is 2.29. The van der Waals surface area contributed by atoms with E-state index >= 15 is 0 Å². The molecule has 1 aromatic rings. The molecular weight excluding hydrogens is 250 g/mol. The summed E-state index contributed by atoms with van der Waals surface area (Å²) in [6.45, 7) is 1.77. The highest BCUT2D eigenvalue weighted by atomic mass is 19.1. The van der Waals surface area contributed by atoms with Crippen LogP contribution in [0.3, 0.4) is 0 Å². The standard InChI is InChI=1S/C13H14F2N4/c1-2-3-11(14)13(18-19-17)12(15)10-6-4-9(8-16)5-7-10/h4-7,11-13H,2-3H2,1H3/t11-,12+,13+/m1/s1. The zero-order valence-electron chi connectivity index (χ0n) is 10.5. The molecule has 0 fully saturated rings. The van der Waals surface area contributed by atoms with Crippen LogP contribution in [0.2, 0.25) is 0 Å². The van der Waals surface area contributed by atoms with E-state index in [4.69, 9.17) is 10.8 Å². The molecule has 3 atom stereocenters. The van der Waals surface area contributed by atoms with Gasteiger partial charge in [0.05, 0.1) is 11.6 Å². The maximum Gasteiger partial charge on any atom is 0.136 e. The van der Waals surface area contributed by atoms with Crippen molar-refractivity contribution >= 4 is 0 Å². The monoisotopic (exact) mass is 264 g/mol. The van der Waals surface area contributed by atoms with Crippen molar-refractivity contribution in [3.05, 3.63) is 45.8 Å². The number of nitriles is 1. The van der Waals surface area contributed by atoms with Gasteiger partial charge in [-0.25, -0.2) is 8.78 Å². The van der Waals surface area contributed by atoms with E-state index in [1.807, 2.05) is 6.07 Å². The predicted octanol–water partition coefficient (Wildman–Crippen LogP) is 4.39. The van der Waals surface area contributed by atoms with Crippen LogP contribution in [0.15, 0.2) is 29.4 Å². The van der Waals surface area contributed by atoms with Crippen molar-refractivity contribution in [1.29, 1.82) is 5.26 Å². The van der Waals surface area contributed by atoms with Gasteiger partial charge in [-0.3, -0.25) is 0 Å². The van der Waals surface area contributed by atoms with Crippen LogP contribution in [-0.2, 0) is 0 Å². The lowest BCUT2D eigenvalue weighted by molar-refractivity contribution is 0.174. The van der Waals surface area contributed by atoms with Crippen molar-refractivity contribution < 1.29 is 8.78 Å². The molecule has 0 heterocycles. The van der Waals surface area contributed by atoms with Crippen LogP contribution in [0.1, 0.15) is 37.1 Å². The summed E-state index contributed by atoms with van der Waals surface area (Å²) in [5, 5.41) is 11.9. The Bertz CT molecular complexity index is 488. The third-order valence-corrected chi connectivity index (χ3v) is 2.78. The Morgan fingerprint density at radius 3 is 2.47 bits per heavy atom. The second-order valence-electron chi connectivity index (χ2n) is 4.14. The van der Waals surface area contributed by atoms with Crippen LogP contribution < -0.4 is 0 Å². The zero-order chi connectivity index (χ0) is 14.3. The van der Waals surface area contributed by atoms with Gasteiger partial charge in [0, 0.05) is 4.91 Å². The van der Waals surface area contributed by atoms with Crippen molar-refractivity contribution in [1.82, 2.24) is 0 Å². The molecule has 100 valence electrons. The van der Waals surface area contributed by atoms with E-state index < -0.39 is 18.4 Å². The summed E-state index contributed by atoms with van der Waals surface area (Å²) in [7, 11) is 0. The summed E-state index contributed by atoms with van der Waals surface area (Å²) in [5.41, 5.74) is 9.01. The maximum atomic E-state index is 14.2. The van der Waals surface area contributed by atoms with Gasteiger partial charge in [0.2, 0.25) is 0 Å². The second-order valence-corrected chi connectivity index (χ2v) is 4.14. The number of halogens is 2. The molecule has 0 amide bonds. The van der Waals surface area contributed by atoms with Crippen LogP contribution in [0.4, 0.5) is 8.78 Å². The molecule has 0 saturated carbocycles. The van der Waals surface area contributed by atoms with Crippen molar-refractivity contribution in [2.24, 2.45) is 5.11 Å². The molecule has 1 aromatic carbocycles. The van der Waals surface area contributed by atoms with E-state index in [-0.39, 0.29) is 12.0 Å². The Kier molecular flexibility index (Phi) is 5.77. The molecule has 0 radical (unpaired) electrons. The lowest BCUT2D eigenvalue weighted by atomic mass is 9.97. The lowest BCUT2D eigenvalue weighted by Crippen LogP contribution is -2.25. The number of azide groups is 1. The minimum atomic E-state index is -1.72. The molecule has 0 bridgehead atoms. The van der Waals surface area contributed by atoms with Gasteiger partial charge in [-0.15, -0.1) is 0 Å². The molecule has 0 aliphatic rings. The van der Waals surface area contributed by atoms with Gasteiger partial charge in [-0.2, -0.15) is 5.26 Å². The number of nitrogens with zero attached hydrogens (tertiary/aromatic N) is 4. The van der Waals surface area contributed by atoms with E-state index in [0.717, 1.165) is 0 Å². The minimum absolute atomic E-state index is 0.139. The molecule has 0 saturated heterocycles. The van der Waals surface area contributed by atoms with Crippen molar-refractivity contribution in [2.45, 2.75) is 38.2 Å². The van der Waals surface area contributed by atoms with Gasteiger partial charge in [0.15, 0.2) is 0 Å². The molecule has 1 rings (SSSR count). The summed E-state index contributed by atoms with van der Waals surface area (Å²) >= 11 is 0. The predicted molar refractivity (Wildman–Crippen MR) is 67.7 cm³/mol. The quantitative estimate of drug-likeness (QED) is 0.426. The van der Waals surface area contributed by atoms with E-state index in [0.29, 0.717) is 12.0 Å². The molecule has 0 N–H and O–H groups in total. The van der Waals surface area contributed by atoms with Gasteiger partial charge in [0.1, 0.15) is 18.4 Å². The third-order valence-electron chi connectivity index (χ3n) is 2.78. The minimum Gasteiger partial charge on any atom is -0.247 e. The van der Waals surface area contributed by atoms with Gasteiger partial charge in [0.25, 0.3) is 0 Å². The van der Waals surface area contributed by atoms with Gasteiger partial charge < -0.3 is 0 Å². The average molecular weight is 264 g/mol. The van der Waals surface area contributed by atoms with Crippen LogP contribution in [-0.4, -0.2) is 12.2 Å². The summed E-state index contributed by atoms with van der Waals surface area (Å²) < 4.78 is 28.0. The van der Waals surface area contributed by atoms with E-state index in [1.54, 1.807) is 6.92 Å². The summed E-state index contributed by atoms with van der Waals surface area (Å²) in [6.07, 6.45) is -2.56. The molecule has 4 nitrogen and oxygen atoms in total. The molecule has 6 heteroatoms. The Balaban J connectivity index is 2.95. The third kappa shape index (κ3) is 3.94. The molecule has 19 heavy (non-hydrogen) atoms. The van der Waals surface area contributed by atoms with Gasteiger partial charge in [-0.05, 0) is 29.6 Å². The first kappa shape index (κ1) is 14.9. The van der Waals surface area contributed by atoms with E-state index in [2.05, 4.69) is 10.0 Å². The summed E-state index contributed by atoms with van der Waals surface area (Å²) in [5.74, 6) is 0. The zero-order valence-corrected chi connectivity index (χ0v) is 10.5. The summed E-state index contributed by atoms with van der Waals surface area (Å²) in [6, 6.07) is 6.24. The maximum absolute atomic E-state index is 14.2. The van der Waals surface area contributed by atoms with Crippen LogP contribution in [0.25, 0.3) is 10.4 Å². The summed E-state index contributed by atoms with van der Waals surface area (Å²) in [4.78, 5) is 2.51. The normalized spacial score (nSPS) is 14.8. The molecule has 0 aliphatic heterocycles. The fourth-order valence-electron chi connectivity index (χ4n) is 1.76. The first-order chi connectivity index (χ1) is 9.13. The van der Waals surface area contributed by atoms with Crippen molar-refractivity contribution in [3.8, 4) is 6.07 Å². The van der Waals surface area contributed by atoms with Gasteiger partial charge in [-0.1, -0.05) is 30.6 Å². The molecular formula is C13H14F2N4. The lowest BCUT2D eigenvalue weighted by Gasteiger charge is -2.20. The fourth-order valence-corrected chi connectivity index (χ4v) is 1.76. The first-order valence-electron chi connectivity index (χ1n) is 5.96. The number of hydrogen-bond acceptors (Lipinski definition) is 2. The van der Waals surface area contributed by atoms with E-state index in [1.165, 1.54) is 24.3 Å². The Labute approximate surface area is 110 Å². The SMILES string of the molecule is CCC[C@@H](F)[C@H](N=[N+]=[N-])[C@@H](F)c1ccc(C#N)cc1. The van der Waals surface area contributed by atoms with Crippen LogP contribution in [0, 0.1) is 11.3 Å². The largest absolute Gasteiger partial charge is 0.247 e. The van der Waals surface area contributed by atoms with Crippen molar-refractivity contribution in [3.63, 3.8) is 0 Å². The number of alkyl halides is 2. The first-order valence-corrected chi connectivity index (χ1v) is 5.96. The van der Waals surface area contributed by atoms with E-state index in [9.17, 15) is 8.78 Å². The Hall–Kier alpha value is -2.12. The smallest absolute Gasteiger partial charge is 0.136 e. The van der Waals surface area contributed by atoms with Crippen molar-refractivity contribution in [2.75, 3.05) is 0 Å². The fraction of sp³-hybridized carbons (Fsp3) is 0.462. The van der Waals surface area contributed by atoms with Crippen LogP contribution >= 0.6 is 0 Å². The molecule has 0 spiro atoms. The highest BCUT2D eigenvalue weighted by molar-refractivity contribution is 5.33. The Morgan fingerprint density at radius 2 is 2.00 bits per heavy atom.